The summed E-state index contributed by atoms with van der Waals surface area (Å²) in [5.41, 5.74) is 0.172. The third-order valence-electron chi connectivity index (χ3n) is 11.3. The number of piperidine rings is 2. The van der Waals surface area contributed by atoms with Gasteiger partial charge in [-0.1, -0.05) is 36.4 Å². The first kappa shape index (κ1) is 31.2. The van der Waals surface area contributed by atoms with Crippen molar-refractivity contribution in [2.24, 2.45) is 17.8 Å². The van der Waals surface area contributed by atoms with Crippen LogP contribution in [0.3, 0.4) is 0 Å². The summed E-state index contributed by atoms with van der Waals surface area (Å²) in [7, 11) is 0. The lowest BCUT2D eigenvalue weighted by Gasteiger charge is -2.52. The van der Waals surface area contributed by atoms with E-state index in [1.807, 2.05) is 4.90 Å². The number of ether oxygens (including phenoxy) is 2. The van der Waals surface area contributed by atoms with E-state index in [0.29, 0.717) is 41.9 Å². The third kappa shape index (κ3) is 4.98. The highest BCUT2D eigenvalue weighted by Gasteiger charge is 2.52. The van der Waals surface area contributed by atoms with Gasteiger partial charge in [-0.2, -0.15) is 9.97 Å². The number of carbonyl (C=O) groups is 1. The van der Waals surface area contributed by atoms with Crippen LogP contribution < -0.4 is 14.4 Å². The van der Waals surface area contributed by atoms with Gasteiger partial charge in [-0.15, -0.1) is 0 Å². The molecule has 0 radical (unpaired) electrons. The van der Waals surface area contributed by atoms with Crippen molar-refractivity contribution < 1.29 is 31.8 Å². The van der Waals surface area contributed by atoms with Crippen LogP contribution in [0.1, 0.15) is 32.1 Å². The van der Waals surface area contributed by atoms with E-state index < -0.39 is 40.9 Å². The quantitative estimate of drug-likeness (QED) is 0.102. The molecule has 5 fully saturated rings. The summed E-state index contributed by atoms with van der Waals surface area (Å²) in [4.78, 5) is 31.5. The van der Waals surface area contributed by atoms with Crippen LogP contribution in [0.4, 0.5) is 23.4 Å². The molecule has 5 aliphatic rings. The van der Waals surface area contributed by atoms with Gasteiger partial charge in [0.1, 0.15) is 29.5 Å². The number of halogens is 4. The number of esters is 1. The van der Waals surface area contributed by atoms with E-state index in [9.17, 15) is 13.6 Å². The molecule has 0 N–H and O–H groups in total. The summed E-state index contributed by atoms with van der Waals surface area (Å²) in [5.74, 6) is -4.95. The van der Waals surface area contributed by atoms with Crippen molar-refractivity contribution in [1.29, 1.82) is 0 Å². The van der Waals surface area contributed by atoms with Gasteiger partial charge in [0.15, 0.2) is 17.5 Å². The number of hydrogen-bond donors (Lipinski definition) is 0. The summed E-state index contributed by atoms with van der Waals surface area (Å²) >= 11 is 0. The second kappa shape index (κ2) is 11.9. The zero-order valence-electron chi connectivity index (χ0n) is 27.0. The lowest BCUT2D eigenvalue weighted by atomic mass is 9.61. The SMILES string of the molecule is O=C(Oc1c(F)cccc1F)C1[C@@H]2C[C@H]1CN(c1nc(OCC34CCCN3CCC4)nc3c(F)c(-c4cccc5cccc(F)c45)ncc13)C2. The highest BCUT2D eigenvalue weighted by Crippen LogP contribution is 2.48. The van der Waals surface area contributed by atoms with Gasteiger partial charge in [0.25, 0.3) is 0 Å². The van der Waals surface area contributed by atoms with E-state index >= 15 is 8.78 Å². The van der Waals surface area contributed by atoms with Crippen molar-refractivity contribution >= 4 is 33.5 Å². The zero-order chi connectivity index (χ0) is 34.1. The summed E-state index contributed by atoms with van der Waals surface area (Å²) in [6.45, 7) is 3.15. The molecule has 3 aromatic carbocycles. The number of nitrogens with zero attached hydrogens (tertiary/aromatic N) is 5. The summed E-state index contributed by atoms with van der Waals surface area (Å²) in [6, 6.07) is 13.2. The van der Waals surface area contributed by atoms with Crippen molar-refractivity contribution in [3.05, 3.63) is 84.1 Å². The van der Waals surface area contributed by atoms with Gasteiger partial charge in [-0.3, -0.25) is 14.7 Å². The molecule has 4 aliphatic heterocycles. The number of rotatable bonds is 7. The van der Waals surface area contributed by atoms with Crippen LogP contribution in [-0.4, -0.2) is 64.1 Å². The van der Waals surface area contributed by atoms with Gasteiger partial charge >= 0.3 is 12.0 Å². The van der Waals surface area contributed by atoms with Crippen LogP contribution in [0.2, 0.25) is 0 Å². The van der Waals surface area contributed by atoms with E-state index in [-0.39, 0.29) is 40.0 Å². The molecular formula is C38H33F4N5O3. The number of fused-ring (bicyclic) bond motifs is 5. The van der Waals surface area contributed by atoms with Crippen molar-refractivity contribution in [1.82, 2.24) is 19.9 Å². The van der Waals surface area contributed by atoms with Gasteiger partial charge in [0, 0.05) is 30.2 Å². The molecule has 2 aromatic heterocycles. The smallest absolute Gasteiger partial charge is 0.319 e. The first-order valence-electron chi connectivity index (χ1n) is 17.1. The molecule has 12 heteroatoms. The van der Waals surface area contributed by atoms with E-state index in [4.69, 9.17) is 14.5 Å². The number of hydrogen-bond acceptors (Lipinski definition) is 8. The van der Waals surface area contributed by atoms with Crippen molar-refractivity contribution in [3.63, 3.8) is 0 Å². The average Bonchev–Trinajstić information content (AvgIpc) is 3.70. The van der Waals surface area contributed by atoms with Crippen LogP contribution in [-0.2, 0) is 4.79 Å². The van der Waals surface area contributed by atoms with Crippen LogP contribution in [0, 0.1) is 41.0 Å². The first-order valence-corrected chi connectivity index (χ1v) is 17.1. The van der Waals surface area contributed by atoms with Crippen LogP contribution in [0.5, 0.6) is 11.8 Å². The third-order valence-corrected chi connectivity index (χ3v) is 11.3. The minimum absolute atomic E-state index is 0.000719. The number of benzene rings is 3. The molecule has 4 saturated heterocycles. The summed E-state index contributed by atoms with van der Waals surface area (Å²) in [6.07, 6.45) is 6.42. The summed E-state index contributed by atoms with van der Waals surface area (Å²) < 4.78 is 71.9. The Balaban J connectivity index is 1.07. The zero-order valence-corrected chi connectivity index (χ0v) is 27.0. The van der Waals surface area contributed by atoms with Gasteiger partial charge in [-0.05, 0) is 80.6 Å². The second-order valence-corrected chi connectivity index (χ2v) is 14.0. The lowest BCUT2D eigenvalue weighted by Crippen LogP contribution is -2.58. The molecule has 1 saturated carbocycles. The predicted molar refractivity (Wildman–Crippen MR) is 178 cm³/mol. The molecule has 0 spiro atoms. The number of para-hydroxylation sites is 1. The van der Waals surface area contributed by atoms with Gasteiger partial charge < -0.3 is 14.4 Å². The molecule has 3 atom stereocenters. The highest BCUT2D eigenvalue weighted by atomic mass is 19.1. The lowest BCUT2D eigenvalue weighted by molar-refractivity contribution is -0.151. The highest BCUT2D eigenvalue weighted by molar-refractivity contribution is 5.99. The first-order chi connectivity index (χ1) is 24.3. The van der Waals surface area contributed by atoms with E-state index in [1.54, 1.807) is 30.3 Å². The fourth-order valence-corrected chi connectivity index (χ4v) is 8.86. The van der Waals surface area contributed by atoms with E-state index in [0.717, 1.165) is 57.3 Å². The minimum Gasteiger partial charge on any atom is -0.461 e. The molecule has 6 heterocycles. The molecule has 8 nitrogen and oxygen atoms in total. The maximum atomic E-state index is 16.7. The fraction of sp³-hybridized carbons (Fsp3) is 0.368. The van der Waals surface area contributed by atoms with Crippen LogP contribution >= 0.6 is 0 Å². The molecule has 1 aliphatic carbocycles. The van der Waals surface area contributed by atoms with Crippen molar-refractivity contribution in [3.8, 4) is 23.0 Å². The van der Waals surface area contributed by atoms with Gasteiger partial charge in [-0.25, -0.2) is 17.6 Å². The Hall–Kier alpha value is -4.84. The van der Waals surface area contributed by atoms with Crippen LogP contribution in [0.25, 0.3) is 32.9 Å². The maximum absolute atomic E-state index is 16.7. The van der Waals surface area contributed by atoms with E-state index in [2.05, 4.69) is 14.9 Å². The van der Waals surface area contributed by atoms with E-state index in [1.165, 1.54) is 18.3 Å². The molecule has 256 valence electrons. The number of aromatic nitrogens is 3. The Morgan fingerprint density at radius 2 is 1.56 bits per heavy atom. The Labute approximate surface area is 285 Å². The molecule has 0 amide bonds. The largest absolute Gasteiger partial charge is 0.461 e. The van der Waals surface area contributed by atoms with Crippen LogP contribution in [0.15, 0.2) is 60.8 Å². The second-order valence-electron chi connectivity index (χ2n) is 14.0. The number of anilines is 1. The number of carbonyl (C=O) groups excluding carboxylic acids is 1. The van der Waals surface area contributed by atoms with Gasteiger partial charge in [0.05, 0.1) is 16.8 Å². The topological polar surface area (TPSA) is 80.7 Å². The molecule has 10 rings (SSSR count). The maximum Gasteiger partial charge on any atom is 0.319 e. The van der Waals surface area contributed by atoms with Gasteiger partial charge in [0.2, 0.25) is 5.75 Å². The van der Waals surface area contributed by atoms with Crippen molar-refractivity contribution in [2.45, 2.75) is 37.6 Å². The Morgan fingerprint density at radius 3 is 2.30 bits per heavy atom. The standard InChI is InChI=1S/C38H33F4N5O3/c39-26-9-2-7-21-6-1-8-24(30(21)26)32-31(42)33-25(17-43-32)35(45-37(44-33)49-20-38-12-4-14-47(38)15-5-13-38)46-18-22-16-23(19-46)29(22)36(48)50-34-27(40)10-3-11-28(34)41/h1-3,6-11,17,22-23,29H,4-5,12-16,18-20H2/t22-,23+,29?. The molecular weight excluding hydrogens is 650 g/mol. The molecule has 1 unspecified atom stereocenters. The molecule has 5 aromatic rings. The Morgan fingerprint density at radius 1 is 0.880 bits per heavy atom. The molecule has 2 bridgehead atoms. The Kier molecular flexibility index (Phi) is 7.41. The monoisotopic (exact) mass is 683 g/mol. The average molecular weight is 684 g/mol. The predicted octanol–water partition coefficient (Wildman–Crippen LogP) is 7.09. The minimum atomic E-state index is -0.942. The van der Waals surface area contributed by atoms with Crippen molar-refractivity contribution in [2.75, 3.05) is 37.7 Å². The normalized spacial score (nSPS) is 22.5. The fourth-order valence-electron chi connectivity index (χ4n) is 8.86. The number of pyridine rings is 1. The molecule has 50 heavy (non-hydrogen) atoms. The Bertz CT molecular complexity index is 2140. The summed E-state index contributed by atoms with van der Waals surface area (Å²) in [5, 5.41) is 1.23.